The third kappa shape index (κ3) is 11.6. The van der Waals surface area contributed by atoms with Crippen molar-refractivity contribution < 1.29 is 33.8 Å². The van der Waals surface area contributed by atoms with Crippen molar-refractivity contribution >= 4 is 46.4 Å². The molecule has 292 valence electrons. The van der Waals surface area contributed by atoms with Crippen molar-refractivity contribution in [3.8, 4) is 33.0 Å². The van der Waals surface area contributed by atoms with E-state index in [-0.39, 0.29) is 30.3 Å². The zero-order chi connectivity index (χ0) is 40.9. The topological polar surface area (TPSA) is 159 Å². The molecule has 0 aliphatic carbocycles. The number of aromatic nitrogens is 2. The van der Waals surface area contributed by atoms with Crippen molar-refractivity contribution in [2.45, 2.75) is 31.3 Å². The summed E-state index contributed by atoms with van der Waals surface area (Å²) in [6.45, 7) is 0. The van der Waals surface area contributed by atoms with Crippen LogP contribution in [-0.2, 0) is 16.0 Å². The fraction of sp³-hybridized carbons (Fsp3) is 0.111. The van der Waals surface area contributed by atoms with Gasteiger partial charge in [0, 0.05) is 27.9 Å². The van der Waals surface area contributed by atoms with Crippen molar-refractivity contribution in [2.75, 3.05) is 0 Å². The lowest BCUT2D eigenvalue weighted by Gasteiger charge is -2.17. The second kappa shape index (κ2) is 19.9. The minimum atomic E-state index is -1.03. The number of nitrogens with one attached hydrogen (secondary N) is 2. The smallest absolute Gasteiger partial charge is 0.305 e. The molecule has 2 atom stereocenters. The number of carbonyl (C=O) groups is 4. The molecule has 2 heterocycles. The standard InChI is InChI=1S/C25H19FN2O3S.C20H18N2O3S/c26-20-12-10-17(11-13-20)16-6-8-18(9-7-16)21(14-23(29)30)27-24(31)22-15-32-25(28-22)19-4-2-1-3-5-19;23-18(24)12-16(11-14-7-3-1-4-8-14)21-19(25)20-22-17(13-26-20)15-9-5-2-6-10-15/h1-13,15,21H,14H2,(H,27,31)(H,29,30);1-10,13,16H,11-12H2,(H,21,25)(H,23,24)/t;16-/m.1/s1. The van der Waals surface area contributed by atoms with E-state index in [1.165, 1.54) is 34.8 Å². The van der Waals surface area contributed by atoms with Gasteiger partial charge in [0.1, 0.15) is 16.5 Å². The van der Waals surface area contributed by atoms with Crippen molar-refractivity contribution in [1.82, 2.24) is 20.6 Å². The Hall–Kier alpha value is -6.83. The van der Waals surface area contributed by atoms with Crippen molar-refractivity contribution in [3.63, 3.8) is 0 Å². The van der Waals surface area contributed by atoms with Gasteiger partial charge in [0.15, 0.2) is 5.01 Å². The lowest BCUT2D eigenvalue weighted by atomic mass is 9.99. The first-order chi connectivity index (χ1) is 28.1. The van der Waals surface area contributed by atoms with Gasteiger partial charge in [-0.25, -0.2) is 14.4 Å². The minimum absolute atomic E-state index is 0.141. The summed E-state index contributed by atoms with van der Waals surface area (Å²) < 4.78 is 13.2. The van der Waals surface area contributed by atoms with Gasteiger partial charge in [0.05, 0.1) is 24.6 Å². The SMILES string of the molecule is O=C(O)CC(NC(=O)c1csc(-c2ccccc2)n1)c1ccc(-c2ccc(F)cc2)cc1.O=C(O)C[C@@H](Cc1ccccc1)NC(=O)c1nc(-c2ccccc2)cs1. The third-order valence-electron chi connectivity index (χ3n) is 8.78. The second-order valence-corrected chi connectivity index (χ2v) is 14.7. The molecule has 7 aromatic rings. The average Bonchev–Trinajstić information content (AvgIpc) is 3.94. The van der Waals surface area contributed by atoms with E-state index in [0.29, 0.717) is 22.0 Å². The van der Waals surface area contributed by atoms with Crippen LogP contribution in [0.4, 0.5) is 4.39 Å². The summed E-state index contributed by atoms with van der Waals surface area (Å²) in [4.78, 5) is 56.6. The molecule has 0 saturated carbocycles. The van der Waals surface area contributed by atoms with Gasteiger partial charge in [-0.2, -0.15) is 0 Å². The highest BCUT2D eigenvalue weighted by atomic mass is 32.1. The van der Waals surface area contributed by atoms with Crippen LogP contribution >= 0.6 is 22.7 Å². The molecule has 0 aliphatic rings. The normalized spacial score (nSPS) is 11.7. The second-order valence-electron chi connectivity index (χ2n) is 13.0. The molecule has 1 unspecified atom stereocenters. The lowest BCUT2D eigenvalue weighted by molar-refractivity contribution is -0.138. The maximum absolute atomic E-state index is 13.2. The Morgan fingerprint density at radius 1 is 0.586 bits per heavy atom. The number of halogens is 1. The van der Waals surface area contributed by atoms with Gasteiger partial charge < -0.3 is 20.8 Å². The summed E-state index contributed by atoms with van der Waals surface area (Å²) in [7, 11) is 0. The van der Waals surface area contributed by atoms with Crippen LogP contribution in [0.15, 0.2) is 150 Å². The molecule has 13 heteroatoms. The highest BCUT2D eigenvalue weighted by molar-refractivity contribution is 7.13. The summed E-state index contributed by atoms with van der Waals surface area (Å²) in [6, 6.07) is 40.7. The molecule has 0 fully saturated rings. The maximum Gasteiger partial charge on any atom is 0.305 e. The monoisotopic (exact) mass is 812 g/mol. The lowest BCUT2D eigenvalue weighted by Crippen LogP contribution is -2.38. The van der Waals surface area contributed by atoms with Crippen LogP contribution < -0.4 is 10.6 Å². The Morgan fingerprint density at radius 3 is 1.76 bits per heavy atom. The van der Waals surface area contributed by atoms with Gasteiger partial charge in [-0.15, -0.1) is 22.7 Å². The molecule has 10 nitrogen and oxygen atoms in total. The van der Waals surface area contributed by atoms with Gasteiger partial charge in [-0.1, -0.05) is 127 Å². The minimum Gasteiger partial charge on any atom is -0.481 e. The fourth-order valence-electron chi connectivity index (χ4n) is 5.95. The van der Waals surface area contributed by atoms with Gasteiger partial charge >= 0.3 is 11.9 Å². The number of benzene rings is 5. The summed E-state index contributed by atoms with van der Waals surface area (Å²) >= 11 is 2.60. The first kappa shape index (κ1) is 40.8. The Bertz CT molecular complexity index is 2440. The van der Waals surface area contributed by atoms with Crippen LogP contribution in [0.1, 0.15) is 50.3 Å². The van der Waals surface area contributed by atoms with Crippen LogP contribution in [0.5, 0.6) is 0 Å². The number of nitrogens with zero attached hydrogens (tertiary/aromatic N) is 2. The predicted molar refractivity (Wildman–Crippen MR) is 223 cm³/mol. The van der Waals surface area contributed by atoms with Crippen molar-refractivity contribution in [2.24, 2.45) is 0 Å². The maximum atomic E-state index is 13.2. The van der Waals surface area contributed by atoms with Crippen LogP contribution in [0, 0.1) is 5.82 Å². The number of carbonyl (C=O) groups excluding carboxylic acids is 2. The Balaban J connectivity index is 0.000000200. The zero-order valence-corrected chi connectivity index (χ0v) is 32.5. The van der Waals surface area contributed by atoms with Crippen molar-refractivity contribution in [1.29, 1.82) is 0 Å². The van der Waals surface area contributed by atoms with E-state index in [9.17, 15) is 28.7 Å². The van der Waals surface area contributed by atoms with Crippen LogP contribution in [-0.4, -0.2) is 50.0 Å². The number of rotatable bonds is 14. The molecule has 2 amide bonds. The molecule has 5 aromatic carbocycles. The van der Waals surface area contributed by atoms with Crippen LogP contribution in [0.3, 0.4) is 0 Å². The molecule has 2 aromatic heterocycles. The Kier molecular flexibility index (Phi) is 14.0. The van der Waals surface area contributed by atoms with E-state index < -0.39 is 29.9 Å². The zero-order valence-electron chi connectivity index (χ0n) is 30.8. The average molecular weight is 813 g/mol. The van der Waals surface area contributed by atoms with Gasteiger partial charge in [-0.05, 0) is 40.8 Å². The molecule has 0 bridgehead atoms. The van der Waals surface area contributed by atoms with E-state index in [0.717, 1.165) is 33.5 Å². The molecular weight excluding hydrogens is 776 g/mol. The van der Waals surface area contributed by atoms with Gasteiger partial charge in [-0.3, -0.25) is 19.2 Å². The largest absolute Gasteiger partial charge is 0.481 e. The Morgan fingerprint density at radius 2 is 1.16 bits per heavy atom. The molecule has 0 radical (unpaired) electrons. The number of amides is 2. The summed E-state index contributed by atoms with van der Waals surface area (Å²) in [6.07, 6.45) is 0.0463. The van der Waals surface area contributed by atoms with Crippen molar-refractivity contribution in [3.05, 3.63) is 178 Å². The molecule has 58 heavy (non-hydrogen) atoms. The highest BCUT2D eigenvalue weighted by Gasteiger charge is 2.22. The molecule has 4 N–H and O–H groups in total. The number of hydrogen-bond acceptors (Lipinski definition) is 8. The molecule has 0 saturated heterocycles. The van der Waals surface area contributed by atoms with E-state index >= 15 is 0 Å². The van der Waals surface area contributed by atoms with Crippen LogP contribution in [0.2, 0.25) is 0 Å². The van der Waals surface area contributed by atoms with E-state index in [2.05, 4.69) is 20.6 Å². The summed E-state index contributed by atoms with van der Waals surface area (Å²) in [5.74, 6) is -3.07. The predicted octanol–water partition coefficient (Wildman–Crippen LogP) is 9.19. The third-order valence-corrected chi connectivity index (χ3v) is 10.5. The molecule has 0 spiro atoms. The molecule has 7 rings (SSSR count). The van der Waals surface area contributed by atoms with Gasteiger partial charge in [0.25, 0.3) is 11.8 Å². The summed E-state index contributed by atoms with van der Waals surface area (Å²) in [5, 5.41) is 28.6. The van der Waals surface area contributed by atoms with Crippen LogP contribution in [0.25, 0.3) is 33.0 Å². The van der Waals surface area contributed by atoms with E-state index in [4.69, 9.17) is 5.11 Å². The number of hydrogen-bond donors (Lipinski definition) is 4. The molecular formula is C45H37FN4O6S2. The Labute approximate surface area is 341 Å². The number of thiazole rings is 2. The van der Waals surface area contributed by atoms with E-state index in [1.54, 1.807) is 29.6 Å². The summed E-state index contributed by atoms with van der Waals surface area (Å²) in [5.41, 5.74) is 6.16. The first-order valence-electron chi connectivity index (χ1n) is 18.1. The highest BCUT2D eigenvalue weighted by Crippen LogP contribution is 2.27. The van der Waals surface area contributed by atoms with E-state index in [1.807, 2.05) is 109 Å². The fourth-order valence-corrected chi connectivity index (χ4v) is 7.49. The number of carboxylic acid groups (broad SMARTS) is 2. The first-order valence-corrected chi connectivity index (χ1v) is 19.8. The molecule has 0 aliphatic heterocycles. The quantitative estimate of drug-likeness (QED) is 0.0847. The number of aliphatic carboxylic acids is 2. The van der Waals surface area contributed by atoms with Gasteiger partial charge in [0.2, 0.25) is 0 Å². The number of carboxylic acids is 2.